The number of rotatable bonds is 5. The van der Waals surface area contributed by atoms with Gasteiger partial charge in [-0.1, -0.05) is 18.2 Å². The molecule has 1 aromatic carbocycles. The van der Waals surface area contributed by atoms with Crippen molar-refractivity contribution in [1.29, 1.82) is 0 Å². The fourth-order valence-corrected chi connectivity index (χ4v) is 1.93. The summed E-state index contributed by atoms with van der Waals surface area (Å²) in [6.07, 6.45) is 0. The van der Waals surface area contributed by atoms with E-state index in [9.17, 15) is 24.3 Å². The molecule has 23 heavy (non-hydrogen) atoms. The molecule has 0 aliphatic carbocycles. The molecule has 0 unspecified atom stereocenters. The number of hydrogen-bond donors (Lipinski definition) is 1. The Bertz CT molecular complexity index is 842. The first-order valence-corrected chi connectivity index (χ1v) is 6.48. The second-order valence-electron chi connectivity index (χ2n) is 4.50. The van der Waals surface area contributed by atoms with Gasteiger partial charge in [-0.3, -0.25) is 14.4 Å². The SMILES string of the molecule is COC(=O)CNC(=O)Cn1nc(C(=O)[O-])c2ccccc2c1=O. The molecule has 0 aliphatic rings. The van der Waals surface area contributed by atoms with Crippen molar-refractivity contribution in [2.24, 2.45) is 0 Å². The van der Waals surface area contributed by atoms with Crippen LogP contribution in [0.5, 0.6) is 0 Å². The maximum atomic E-state index is 12.2. The molecule has 1 heterocycles. The molecule has 0 spiro atoms. The van der Waals surface area contributed by atoms with Crippen LogP contribution in [0.2, 0.25) is 0 Å². The number of carbonyl (C=O) groups excluding carboxylic acids is 3. The number of fused-ring (bicyclic) bond motifs is 1. The lowest BCUT2D eigenvalue weighted by Gasteiger charge is -2.11. The Kier molecular flexibility index (Phi) is 4.69. The van der Waals surface area contributed by atoms with Crippen molar-refractivity contribution in [1.82, 2.24) is 15.1 Å². The number of esters is 1. The minimum Gasteiger partial charge on any atom is -0.543 e. The summed E-state index contributed by atoms with van der Waals surface area (Å²) in [6.45, 7) is -0.911. The van der Waals surface area contributed by atoms with Crippen molar-refractivity contribution in [3.63, 3.8) is 0 Å². The van der Waals surface area contributed by atoms with Gasteiger partial charge < -0.3 is 20.0 Å². The van der Waals surface area contributed by atoms with Gasteiger partial charge in [-0.15, -0.1) is 0 Å². The molecule has 1 N–H and O–H groups in total. The zero-order valence-corrected chi connectivity index (χ0v) is 12.1. The van der Waals surface area contributed by atoms with Crippen LogP contribution in [0.1, 0.15) is 10.5 Å². The van der Waals surface area contributed by atoms with Crippen LogP contribution >= 0.6 is 0 Å². The maximum Gasteiger partial charge on any atom is 0.325 e. The van der Waals surface area contributed by atoms with Gasteiger partial charge in [-0.25, -0.2) is 4.68 Å². The number of aromatic carboxylic acids is 1. The molecule has 2 rings (SSSR count). The first-order chi connectivity index (χ1) is 10.9. The van der Waals surface area contributed by atoms with Crippen molar-refractivity contribution in [2.75, 3.05) is 13.7 Å². The number of benzene rings is 1. The lowest BCUT2D eigenvalue weighted by Crippen LogP contribution is -2.38. The van der Waals surface area contributed by atoms with Crippen molar-refractivity contribution in [2.45, 2.75) is 6.54 Å². The Morgan fingerprint density at radius 3 is 2.52 bits per heavy atom. The number of carboxylic acid groups (broad SMARTS) is 1. The molecule has 0 fully saturated rings. The topological polar surface area (TPSA) is 130 Å². The summed E-state index contributed by atoms with van der Waals surface area (Å²) in [6, 6.07) is 5.97. The number of nitrogens with zero attached hydrogens (tertiary/aromatic N) is 2. The van der Waals surface area contributed by atoms with Gasteiger partial charge in [0.1, 0.15) is 18.8 Å². The molecule has 0 saturated heterocycles. The van der Waals surface area contributed by atoms with E-state index in [1.807, 2.05) is 0 Å². The molecule has 9 nitrogen and oxygen atoms in total. The highest BCUT2D eigenvalue weighted by molar-refractivity contribution is 6.00. The Balaban J connectivity index is 2.36. The summed E-state index contributed by atoms with van der Waals surface area (Å²) in [4.78, 5) is 46.1. The van der Waals surface area contributed by atoms with Crippen LogP contribution in [0.3, 0.4) is 0 Å². The van der Waals surface area contributed by atoms with Crippen LogP contribution in [0.15, 0.2) is 29.1 Å². The fraction of sp³-hybridized carbons (Fsp3) is 0.214. The number of carboxylic acids is 1. The van der Waals surface area contributed by atoms with Gasteiger partial charge in [0, 0.05) is 5.39 Å². The third-order valence-corrected chi connectivity index (χ3v) is 3.01. The van der Waals surface area contributed by atoms with Crippen LogP contribution in [-0.4, -0.2) is 41.3 Å². The number of methoxy groups -OCH3 is 1. The van der Waals surface area contributed by atoms with Gasteiger partial charge in [-0.2, -0.15) is 5.10 Å². The Hall–Kier alpha value is -3.23. The largest absolute Gasteiger partial charge is 0.543 e. The monoisotopic (exact) mass is 318 g/mol. The number of aromatic nitrogens is 2. The second kappa shape index (κ2) is 6.69. The number of ether oxygens (including phenoxy) is 1. The smallest absolute Gasteiger partial charge is 0.325 e. The molecule has 0 bridgehead atoms. The summed E-state index contributed by atoms with van der Waals surface area (Å²) in [5.74, 6) is -2.91. The molecule has 2 aromatic rings. The van der Waals surface area contributed by atoms with Gasteiger partial charge in [0.15, 0.2) is 0 Å². The Morgan fingerprint density at radius 2 is 1.91 bits per heavy atom. The number of nitrogens with one attached hydrogen (secondary N) is 1. The highest BCUT2D eigenvalue weighted by Gasteiger charge is 2.14. The molecule has 9 heteroatoms. The third-order valence-electron chi connectivity index (χ3n) is 3.01. The molecule has 0 atom stereocenters. The van der Waals surface area contributed by atoms with E-state index in [0.717, 1.165) is 7.11 Å². The average molecular weight is 318 g/mol. The van der Waals surface area contributed by atoms with Crippen LogP contribution < -0.4 is 16.0 Å². The Morgan fingerprint density at radius 1 is 1.26 bits per heavy atom. The van der Waals surface area contributed by atoms with Gasteiger partial charge in [0.25, 0.3) is 5.56 Å². The van der Waals surface area contributed by atoms with Crippen molar-refractivity contribution < 1.29 is 24.2 Å². The molecular weight excluding hydrogens is 306 g/mol. The highest BCUT2D eigenvalue weighted by Crippen LogP contribution is 2.12. The fourth-order valence-electron chi connectivity index (χ4n) is 1.93. The standard InChI is InChI=1S/C14H13N3O6/c1-23-11(19)6-15-10(18)7-17-13(20)9-5-3-2-4-8(9)12(16-17)14(21)22/h2-5H,6-7H2,1H3,(H,15,18)(H,21,22)/p-1. The number of carbonyl (C=O) groups is 3. The van der Waals surface area contributed by atoms with E-state index in [1.54, 1.807) is 12.1 Å². The van der Waals surface area contributed by atoms with Gasteiger partial charge in [-0.05, 0) is 6.07 Å². The molecule has 120 valence electrons. The quantitative estimate of drug-likeness (QED) is 0.634. The van der Waals surface area contributed by atoms with E-state index in [1.165, 1.54) is 12.1 Å². The molecule has 1 aromatic heterocycles. The number of hydrogen-bond acceptors (Lipinski definition) is 7. The lowest BCUT2D eigenvalue weighted by molar-refractivity contribution is -0.255. The third kappa shape index (κ3) is 3.51. The second-order valence-corrected chi connectivity index (χ2v) is 4.50. The minimum absolute atomic E-state index is 0.0995. The molecule has 1 amide bonds. The van der Waals surface area contributed by atoms with Crippen LogP contribution in [0, 0.1) is 0 Å². The summed E-state index contributed by atoms with van der Waals surface area (Å²) in [5.41, 5.74) is -1.07. The normalized spacial score (nSPS) is 10.3. The summed E-state index contributed by atoms with van der Waals surface area (Å²) in [7, 11) is 1.16. The lowest BCUT2D eigenvalue weighted by atomic mass is 10.1. The zero-order valence-electron chi connectivity index (χ0n) is 12.1. The molecule has 0 saturated carbocycles. The predicted molar refractivity (Wildman–Crippen MR) is 75.4 cm³/mol. The molecule has 0 radical (unpaired) electrons. The maximum absolute atomic E-state index is 12.2. The summed E-state index contributed by atoms with van der Waals surface area (Å²) in [5, 5.41) is 17.3. The van der Waals surface area contributed by atoms with Gasteiger partial charge >= 0.3 is 5.97 Å². The first-order valence-electron chi connectivity index (χ1n) is 6.48. The molecule has 0 aliphatic heterocycles. The predicted octanol–water partition coefficient (Wildman–Crippen LogP) is -1.95. The van der Waals surface area contributed by atoms with E-state index in [4.69, 9.17) is 0 Å². The van der Waals surface area contributed by atoms with Crippen LogP contribution in [-0.2, 0) is 20.9 Å². The van der Waals surface area contributed by atoms with Crippen molar-refractivity contribution in [3.05, 3.63) is 40.3 Å². The van der Waals surface area contributed by atoms with Crippen LogP contribution in [0.25, 0.3) is 10.8 Å². The first kappa shape index (κ1) is 16.1. The van der Waals surface area contributed by atoms with Crippen molar-refractivity contribution in [3.8, 4) is 0 Å². The summed E-state index contributed by atoms with van der Waals surface area (Å²) >= 11 is 0. The summed E-state index contributed by atoms with van der Waals surface area (Å²) < 4.78 is 5.07. The van der Waals surface area contributed by atoms with E-state index >= 15 is 0 Å². The van der Waals surface area contributed by atoms with Crippen molar-refractivity contribution >= 4 is 28.6 Å². The molecular formula is C14H12N3O6-. The zero-order chi connectivity index (χ0) is 17.0. The van der Waals surface area contributed by atoms with E-state index in [2.05, 4.69) is 15.2 Å². The van der Waals surface area contributed by atoms with E-state index in [-0.39, 0.29) is 17.3 Å². The average Bonchev–Trinajstić information content (AvgIpc) is 2.55. The minimum atomic E-state index is -1.56. The highest BCUT2D eigenvalue weighted by atomic mass is 16.5. The van der Waals surface area contributed by atoms with E-state index < -0.39 is 35.6 Å². The van der Waals surface area contributed by atoms with Crippen LogP contribution in [0.4, 0.5) is 0 Å². The van der Waals surface area contributed by atoms with Gasteiger partial charge in [0.05, 0.1) is 18.5 Å². The van der Waals surface area contributed by atoms with E-state index in [0.29, 0.717) is 4.68 Å². The number of amides is 1. The van der Waals surface area contributed by atoms with Gasteiger partial charge in [0.2, 0.25) is 5.91 Å². The Labute approximate surface area is 129 Å².